The summed E-state index contributed by atoms with van der Waals surface area (Å²) in [6, 6.07) is 5.62. The highest BCUT2D eigenvalue weighted by Gasteiger charge is 2.51. The van der Waals surface area contributed by atoms with E-state index in [0.717, 1.165) is 0 Å². The molecule has 4 aromatic heterocycles. The quantitative estimate of drug-likeness (QED) is 0.155. The van der Waals surface area contributed by atoms with Crippen molar-refractivity contribution in [2.75, 3.05) is 18.0 Å². The third-order valence-electron chi connectivity index (χ3n) is 7.87. The molecule has 2 aliphatic rings. The second-order valence-electron chi connectivity index (χ2n) is 12.9. The van der Waals surface area contributed by atoms with Gasteiger partial charge in [0, 0.05) is 61.1 Å². The van der Waals surface area contributed by atoms with E-state index in [1.54, 1.807) is 20.8 Å². The van der Waals surface area contributed by atoms with E-state index in [4.69, 9.17) is 10.5 Å². The van der Waals surface area contributed by atoms with E-state index >= 15 is 0 Å². The number of hydrogen-bond acceptors (Lipinski definition) is 9. The van der Waals surface area contributed by atoms with Crippen molar-refractivity contribution in [2.45, 2.75) is 75.2 Å². The van der Waals surface area contributed by atoms with Gasteiger partial charge in [0.25, 0.3) is 0 Å². The number of hydrogen-bond donors (Lipinski definition) is 1. The standard InChI is InChI=1S/C19H21BrF2N4O2.C10H12F2N2.C4H2BrFN2/c1-18(2,3)28-17(27)26(16-24-9-12(20)10-25-16)11-19(7-13(21)8-19)15-14(22)5-4-6-23-15;11-7-4-10(5-7,6-13)9-8(12)2-1-3-14-9;5-3-1-7-4(6)8-2-3/h4-6,9-10,13H,7-8,11H2,1-3H3;1-3,7H,4-6,13H2;1-2H. The largest absolute Gasteiger partial charge is 0.443 e. The summed E-state index contributed by atoms with van der Waals surface area (Å²) >= 11 is 6.31. The third-order valence-corrected chi connectivity index (χ3v) is 8.69. The van der Waals surface area contributed by atoms with Gasteiger partial charge in [0.15, 0.2) is 0 Å². The Morgan fingerprint density at radius 1 is 0.820 bits per heavy atom. The predicted octanol–water partition coefficient (Wildman–Crippen LogP) is 7.51. The van der Waals surface area contributed by atoms with Crippen LogP contribution in [0.5, 0.6) is 0 Å². The summed E-state index contributed by atoms with van der Waals surface area (Å²) in [6.07, 6.45) is 6.00. The van der Waals surface area contributed by atoms with Crippen LogP contribution in [0.25, 0.3) is 0 Å². The molecule has 0 unspecified atom stereocenters. The van der Waals surface area contributed by atoms with Gasteiger partial charge in [-0.1, -0.05) is 0 Å². The maximum atomic E-state index is 14.5. The first-order chi connectivity index (χ1) is 23.6. The molecule has 10 nitrogen and oxygen atoms in total. The first-order valence-corrected chi connectivity index (χ1v) is 17.0. The number of amides is 1. The zero-order chi connectivity index (χ0) is 36.7. The number of rotatable bonds is 6. The summed E-state index contributed by atoms with van der Waals surface area (Å²) in [7, 11) is 0. The van der Waals surface area contributed by atoms with Crippen LogP contribution in [0.3, 0.4) is 0 Å². The highest BCUT2D eigenvalue weighted by Crippen LogP contribution is 2.47. The number of aromatic nitrogens is 6. The summed E-state index contributed by atoms with van der Waals surface area (Å²) in [5.41, 5.74) is 3.72. The summed E-state index contributed by atoms with van der Waals surface area (Å²) in [5, 5.41) is 0. The molecule has 17 heteroatoms. The Hall–Kier alpha value is -3.70. The molecular formula is C33H35Br2F5N8O2. The molecule has 1 amide bonds. The summed E-state index contributed by atoms with van der Waals surface area (Å²) in [5.74, 6) is -0.824. The van der Waals surface area contributed by atoms with E-state index in [0.29, 0.717) is 14.6 Å². The normalized spacial score (nSPS) is 22.4. The first-order valence-electron chi connectivity index (χ1n) is 15.4. The highest BCUT2D eigenvalue weighted by atomic mass is 79.9. The van der Waals surface area contributed by atoms with Crippen LogP contribution < -0.4 is 10.6 Å². The van der Waals surface area contributed by atoms with Crippen molar-refractivity contribution in [3.63, 3.8) is 0 Å². The zero-order valence-electron chi connectivity index (χ0n) is 27.3. The van der Waals surface area contributed by atoms with Crippen molar-refractivity contribution in [1.29, 1.82) is 0 Å². The van der Waals surface area contributed by atoms with Crippen LogP contribution in [-0.4, -0.2) is 67.0 Å². The minimum atomic E-state index is -1.09. The minimum absolute atomic E-state index is 0.0438. The lowest BCUT2D eigenvalue weighted by Crippen LogP contribution is -2.54. The molecule has 2 aliphatic carbocycles. The molecule has 0 spiro atoms. The van der Waals surface area contributed by atoms with Gasteiger partial charge in [0.1, 0.15) is 29.6 Å². The topological polar surface area (TPSA) is 133 Å². The van der Waals surface area contributed by atoms with Gasteiger partial charge in [-0.2, -0.15) is 4.39 Å². The molecule has 50 heavy (non-hydrogen) atoms. The Kier molecular flexibility index (Phi) is 12.9. The van der Waals surface area contributed by atoms with Gasteiger partial charge in [-0.25, -0.2) is 47.2 Å². The maximum Gasteiger partial charge on any atom is 0.417 e. The van der Waals surface area contributed by atoms with Crippen LogP contribution in [-0.2, 0) is 15.6 Å². The fourth-order valence-electron chi connectivity index (χ4n) is 5.56. The van der Waals surface area contributed by atoms with E-state index in [1.807, 2.05) is 0 Å². The predicted molar refractivity (Wildman–Crippen MR) is 182 cm³/mol. The molecule has 2 fully saturated rings. The number of carbonyl (C=O) groups is 1. The second kappa shape index (κ2) is 16.5. The fraction of sp³-hybridized carbons (Fsp3) is 0.424. The van der Waals surface area contributed by atoms with Crippen molar-refractivity contribution in [2.24, 2.45) is 5.73 Å². The van der Waals surface area contributed by atoms with Crippen molar-refractivity contribution >= 4 is 43.9 Å². The van der Waals surface area contributed by atoms with Gasteiger partial charge >= 0.3 is 12.2 Å². The van der Waals surface area contributed by atoms with Crippen LogP contribution >= 0.6 is 31.9 Å². The first kappa shape index (κ1) is 39.1. The number of anilines is 1. The SMILES string of the molecule is CC(C)(C)OC(=O)N(CC1(c2ncccc2F)CC(F)C1)c1ncc(Br)cn1.Fc1ncc(Br)cn1.NCC1(c2ncccc2F)CC(F)C1. The lowest BCUT2D eigenvalue weighted by atomic mass is 9.64. The average Bonchev–Trinajstić information content (AvgIpc) is 3.03. The van der Waals surface area contributed by atoms with Gasteiger partial charge in [-0.3, -0.25) is 9.97 Å². The Morgan fingerprint density at radius 3 is 1.66 bits per heavy atom. The van der Waals surface area contributed by atoms with Gasteiger partial charge in [-0.15, -0.1) is 0 Å². The van der Waals surface area contributed by atoms with Crippen molar-refractivity contribution in [3.8, 4) is 0 Å². The molecule has 6 rings (SSSR count). The van der Waals surface area contributed by atoms with Gasteiger partial charge in [0.2, 0.25) is 5.95 Å². The van der Waals surface area contributed by atoms with Crippen molar-refractivity contribution < 1.29 is 31.5 Å². The average molecular weight is 830 g/mol. The van der Waals surface area contributed by atoms with Crippen LogP contribution in [0, 0.1) is 17.7 Å². The number of halogens is 7. The van der Waals surface area contributed by atoms with E-state index in [-0.39, 0.29) is 56.2 Å². The van der Waals surface area contributed by atoms with Crippen molar-refractivity contribution in [3.05, 3.63) is 99.5 Å². The summed E-state index contributed by atoms with van der Waals surface area (Å²) in [6.45, 7) is 5.42. The Balaban J connectivity index is 0.000000209. The van der Waals surface area contributed by atoms with Crippen LogP contribution in [0.15, 0.2) is 70.4 Å². The summed E-state index contributed by atoms with van der Waals surface area (Å²) < 4.78 is 73.2. The van der Waals surface area contributed by atoms with Crippen LogP contribution in [0.2, 0.25) is 0 Å². The lowest BCUT2D eigenvalue weighted by molar-refractivity contribution is 0.0505. The van der Waals surface area contributed by atoms with E-state index in [1.165, 1.54) is 66.3 Å². The molecule has 4 heterocycles. The molecule has 0 saturated heterocycles. The number of alkyl halides is 2. The third kappa shape index (κ3) is 9.96. The molecule has 0 aliphatic heterocycles. The van der Waals surface area contributed by atoms with Gasteiger partial charge in [-0.05, 0) is 103 Å². The Bertz CT molecular complexity index is 1700. The van der Waals surface area contributed by atoms with E-state index < -0.39 is 46.8 Å². The molecule has 4 aromatic rings. The summed E-state index contributed by atoms with van der Waals surface area (Å²) in [4.78, 5) is 37.0. The number of carbonyl (C=O) groups excluding carboxylic acids is 1. The smallest absolute Gasteiger partial charge is 0.417 e. The highest BCUT2D eigenvalue weighted by molar-refractivity contribution is 9.10. The molecule has 2 N–H and O–H groups in total. The Morgan fingerprint density at radius 2 is 1.26 bits per heavy atom. The zero-order valence-corrected chi connectivity index (χ0v) is 30.5. The molecule has 0 radical (unpaired) electrons. The molecule has 268 valence electrons. The number of nitrogens with two attached hydrogens (primary N) is 1. The Labute approximate surface area is 302 Å². The maximum absolute atomic E-state index is 14.5. The van der Waals surface area contributed by atoms with Crippen LogP contribution in [0.4, 0.5) is 32.7 Å². The molecule has 0 bridgehead atoms. The number of ether oxygens (including phenoxy) is 1. The molecule has 0 atom stereocenters. The van der Waals surface area contributed by atoms with E-state index in [2.05, 4.69) is 61.8 Å². The van der Waals surface area contributed by atoms with Crippen LogP contribution in [0.1, 0.15) is 57.8 Å². The fourth-order valence-corrected chi connectivity index (χ4v) is 5.97. The van der Waals surface area contributed by atoms with Crippen molar-refractivity contribution in [1.82, 2.24) is 29.9 Å². The van der Waals surface area contributed by atoms with E-state index in [9.17, 15) is 26.7 Å². The van der Waals surface area contributed by atoms with Gasteiger partial charge < -0.3 is 10.5 Å². The molecular weight excluding hydrogens is 795 g/mol. The van der Waals surface area contributed by atoms with Gasteiger partial charge in [0.05, 0.1) is 20.3 Å². The lowest BCUT2D eigenvalue weighted by Gasteiger charge is -2.45. The molecule has 2 saturated carbocycles. The number of nitrogens with zero attached hydrogens (tertiary/aromatic N) is 7. The minimum Gasteiger partial charge on any atom is -0.443 e. The second-order valence-corrected chi connectivity index (χ2v) is 14.7. The monoisotopic (exact) mass is 828 g/mol. The number of pyridine rings is 2. The molecule has 0 aromatic carbocycles.